The molecule has 0 saturated carbocycles. The van der Waals surface area contributed by atoms with E-state index in [1.54, 1.807) is 0 Å². The number of nitrogens with two attached hydrogens (primary N) is 1. The number of hydrogen-bond donors (Lipinski definition) is 1. The Morgan fingerprint density at radius 2 is 2.42 bits per heavy atom. The molecule has 70 valence electrons. The normalized spacial score (nSPS) is 28.5. The van der Waals surface area contributed by atoms with Crippen LogP contribution in [0.2, 0.25) is 0 Å². The SMILES string of the molecule is CC(N)=NC(C)C1CCCOC1. The third-order valence-corrected chi connectivity index (χ3v) is 2.29. The van der Waals surface area contributed by atoms with Gasteiger partial charge in [0.15, 0.2) is 0 Å². The van der Waals surface area contributed by atoms with Crippen molar-refractivity contribution in [3.8, 4) is 0 Å². The molecule has 1 rings (SSSR count). The summed E-state index contributed by atoms with van der Waals surface area (Å²) in [5.41, 5.74) is 5.51. The van der Waals surface area contributed by atoms with E-state index in [4.69, 9.17) is 10.5 Å². The van der Waals surface area contributed by atoms with Crippen LogP contribution >= 0.6 is 0 Å². The highest BCUT2D eigenvalue weighted by molar-refractivity contribution is 5.77. The third-order valence-electron chi connectivity index (χ3n) is 2.29. The lowest BCUT2D eigenvalue weighted by Gasteiger charge is -2.25. The highest BCUT2D eigenvalue weighted by atomic mass is 16.5. The molecule has 0 aromatic heterocycles. The molecule has 0 bridgehead atoms. The van der Waals surface area contributed by atoms with Crippen molar-refractivity contribution in [1.82, 2.24) is 0 Å². The Balaban J connectivity index is 2.39. The highest BCUT2D eigenvalue weighted by Crippen LogP contribution is 2.19. The van der Waals surface area contributed by atoms with Gasteiger partial charge in [-0.15, -0.1) is 0 Å². The monoisotopic (exact) mass is 170 g/mol. The predicted octanol–water partition coefficient (Wildman–Crippen LogP) is 1.18. The number of aliphatic imine (C=N–C) groups is 1. The minimum absolute atomic E-state index is 0.315. The summed E-state index contributed by atoms with van der Waals surface area (Å²) in [6, 6.07) is 0.315. The van der Waals surface area contributed by atoms with Gasteiger partial charge in [-0.05, 0) is 26.7 Å². The van der Waals surface area contributed by atoms with Gasteiger partial charge in [0.2, 0.25) is 0 Å². The molecule has 0 aliphatic carbocycles. The van der Waals surface area contributed by atoms with Gasteiger partial charge in [-0.2, -0.15) is 0 Å². The molecule has 0 radical (unpaired) electrons. The van der Waals surface area contributed by atoms with Crippen LogP contribution in [0.4, 0.5) is 0 Å². The molecule has 2 unspecified atom stereocenters. The molecule has 3 nitrogen and oxygen atoms in total. The van der Waals surface area contributed by atoms with Crippen LogP contribution in [0.1, 0.15) is 26.7 Å². The summed E-state index contributed by atoms with van der Waals surface area (Å²) < 4.78 is 5.37. The van der Waals surface area contributed by atoms with Gasteiger partial charge in [-0.25, -0.2) is 0 Å². The second kappa shape index (κ2) is 4.45. The fraction of sp³-hybridized carbons (Fsp3) is 0.889. The van der Waals surface area contributed by atoms with Gasteiger partial charge in [-0.3, -0.25) is 4.99 Å². The van der Waals surface area contributed by atoms with E-state index >= 15 is 0 Å². The summed E-state index contributed by atoms with van der Waals surface area (Å²) in [4.78, 5) is 4.32. The first-order valence-corrected chi connectivity index (χ1v) is 4.58. The molecule has 1 fully saturated rings. The lowest BCUT2D eigenvalue weighted by molar-refractivity contribution is 0.0475. The Labute approximate surface area is 74.0 Å². The van der Waals surface area contributed by atoms with Crippen molar-refractivity contribution < 1.29 is 4.74 Å². The van der Waals surface area contributed by atoms with Crippen molar-refractivity contribution >= 4 is 5.84 Å². The van der Waals surface area contributed by atoms with Crippen LogP contribution in [-0.2, 0) is 4.74 Å². The summed E-state index contributed by atoms with van der Waals surface area (Å²) in [5.74, 6) is 1.24. The molecule has 1 heterocycles. The number of nitrogens with zero attached hydrogens (tertiary/aromatic N) is 1. The number of amidine groups is 1. The first kappa shape index (κ1) is 9.52. The van der Waals surface area contributed by atoms with E-state index in [0.29, 0.717) is 17.8 Å². The molecule has 0 amide bonds. The molecule has 1 saturated heterocycles. The Bertz CT molecular complexity index is 158. The zero-order valence-corrected chi connectivity index (χ0v) is 7.92. The van der Waals surface area contributed by atoms with E-state index in [-0.39, 0.29) is 0 Å². The van der Waals surface area contributed by atoms with E-state index < -0.39 is 0 Å². The van der Waals surface area contributed by atoms with Crippen LogP contribution in [0.15, 0.2) is 4.99 Å². The van der Waals surface area contributed by atoms with Gasteiger partial charge in [0.1, 0.15) is 0 Å². The lowest BCUT2D eigenvalue weighted by atomic mass is 9.95. The van der Waals surface area contributed by atoms with Gasteiger partial charge in [0.05, 0.1) is 18.5 Å². The lowest BCUT2D eigenvalue weighted by Crippen LogP contribution is -2.27. The van der Waals surface area contributed by atoms with Crippen LogP contribution in [0.5, 0.6) is 0 Å². The van der Waals surface area contributed by atoms with Gasteiger partial charge < -0.3 is 10.5 Å². The fourth-order valence-corrected chi connectivity index (χ4v) is 1.57. The number of hydrogen-bond acceptors (Lipinski definition) is 2. The van der Waals surface area contributed by atoms with Crippen LogP contribution in [0.25, 0.3) is 0 Å². The maximum Gasteiger partial charge on any atom is 0.0909 e. The Morgan fingerprint density at radius 1 is 1.67 bits per heavy atom. The summed E-state index contributed by atoms with van der Waals surface area (Å²) in [7, 11) is 0. The molecular weight excluding hydrogens is 152 g/mol. The van der Waals surface area contributed by atoms with Crippen molar-refractivity contribution in [3.63, 3.8) is 0 Å². The first-order chi connectivity index (χ1) is 5.70. The Morgan fingerprint density at radius 3 is 2.92 bits per heavy atom. The molecule has 2 N–H and O–H groups in total. The van der Waals surface area contributed by atoms with Crippen molar-refractivity contribution in [2.45, 2.75) is 32.7 Å². The van der Waals surface area contributed by atoms with Crippen LogP contribution < -0.4 is 5.73 Å². The minimum atomic E-state index is 0.315. The quantitative estimate of drug-likeness (QED) is 0.499. The second-order valence-electron chi connectivity index (χ2n) is 3.49. The molecule has 12 heavy (non-hydrogen) atoms. The predicted molar refractivity (Wildman–Crippen MR) is 50.3 cm³/mol. The van der Waals surface area contributed by atoms with E-state index in [0.717, 1.165) is 19.6 Å². The van der Waals surface area contributed by atoms with Gasteiger partial charge in [0.25, 0.3) is 0 Å². The van der Waals surface area contributed by atoms with Crippen molar-refractivity contribution in [2.75, 3.05) is 13.2 Å². The van der Waals surface area contributed by atoms with E-state index in [1.807, 2.05) is 6.92 Å². The highest BCUT2D eigenvalue weighted by Gasteiger charge is 2.19. The zero-order valence-electron chi connectivity index (χ0n) is 7.92. The van der Waals surface area contributed by atoms with Gasteiger partial charge in [0, 0.05) is 12.5 Å². The molecule has 1 aliphatic heterocycles. The topological polar surface area (TPSA) is 47.6 Å². The van der Waals surface area contributed by atoms with Gasteiger partial charge >= 0.3 is 0 Å². The smallest absolute Gasteiger partial charge is 0.0909 e. The summed E-state index contributed by atoms with van der Waals surface area (Å²) in [6.07, 6.45) is 2.38. The third kappa shape index (κ3) is 2.81. The van der Waals surface area contributed by atoms with Crippen LogP contribution in [0, 0.1) is 5.92 Å². The summed E-state index contributed by atoms with van der Waals surface area (Å²) >= 11 is 0. The molecule has 0 aromatic carbocycles. The molecule has 1 aliphatic rings. The van der Waals surface area contributed by atoms with Crippen LogP contribution in [-0.4, -0.2) is 25.1 Å². The maximum atomic E-state index is 5.51. The molecule has 3 heteroatoms. The molecule has 0 spiro atoms. The molecule has 2 atom stereocenters. The maximum absolute atomic E-state index is 5.51. The standard InChI is InChI=1S/C9H18N2O/c1-7(11-8(2)10)9-4-3-5-12-6-9/h7,9H,3-6H2,1-2H3,(H2,10,11). The van der Waals surface area contributed by atoms with Gasteiger partial charge in [-0.1, -0.05) is 0 Å². The molecule has 0 aromatic rings. The van der Waals surface area contributed by atoms with Crippen LogP contribution in [0.3, 0.4) is 0 Å². The first-order valence-electron chi connectivity index (χ1n) is 4.58. The van der Waals surface area contributed by atoms with E-state index in [9.17, 15) is 0 Å². The number of rotatable bonds is 2. The van der Waals surface area contributed by atoms with Crippen molar-refractivity contribution in [3.05, 3.63) is 0 Å². The second-order valence-corrected chi connectivity index (χ2v) is 3.49. The summed E-state index contributed by atoms with van der Waals surface area (Å²) in [5, 5.41) is 0. The van der Waals surface area contributed by atoms with E-state index in [1.165, 1.54) is 6.42 Å². The Hall–Kier alpha value is -0.570. The summed E-state index contributed by atoms with van der Waals surface area (Å²) in [6.45, 7) is 5.70. The zero-order chi connectivity index (χ0) is 8.97. The average molecular weight is 170 g/mol. The largest absolute Gasteiger partial charge is 0.388 e. The van der Waals surface area contributed by atoms with E-state index in [2.05, 4.69) is 11.9 Å². The molecular formula is C9H18N2O. The average Bonchev–Trinajstić information content (AvgIpc) is 2.05. The minimum Gasteiger partial charge on any atom is -0.388 e. The fourth-order valence-electron chi connectivity index (χ4n) is 1.57. The van der Waals surface area contributed by atoms with Crippen molar-refractivity contribution in [1.29, 1.82) is 0 Å². The Kier molecular flexibility index (Phi) is 3.53. The van der Waals surface area contributed by atoms with Crippen molar-refractivity contribution in [2.24, 2.45) is 16.6 Å². The number of ether oxygens (including phenoxy) is 1.